The van der Waals surface area contributed by atoms with Crippen molar-refractivity contribution in [1.82, 2.24) is 35.8 Å². The molecule has 5 heterocycles. The number of aromatic amines is 2. The van der Waals surface area contributed by atoms with Crippen LogP contribution in [0, 0.1) is 5.92 Å². The number of nitrogens with zero attached hydrogens (tertiary/aromatic N) is 4. The van der Waals surface area contributed by atoms with Crippen molar-refractivity contribution in [2.75, 3.05) is 18.0 Å². The van der Waals surface area contributed by atoms with Crippen LogP contribution in [-0.2, 0) is 4.79 Å². The molecule has 1 fully saturated rings. The number of pyridine rings is 1. The molecule has 0 bridgehead atoms. The van der Waals surface area contributed by atoms with Gasteiger partial charge in [-0.2, -0.15) is 5.10 Å². The average Bonchev–Trinajstić information content (AvgIpc) is 3.46. The maximum atomic E-state index is 12.3. The van der Waals surface area contributed by atoms with Gasteiger partial charge in [-0.25, -0.2) is 4.98 Å². The lowest BCUT2D eigenvalue weighted by Crippen LogP contribution is -2.29. The van der Waals surface area contributed by atoms with Crippen LogP contribution in [0.1, 0.15) is 38.7 Å². The number of allylic oxidation sites excluding steroid dienone is 3. The molecule has 2 aliphatic heterocycles. The summed E-state index contributed by atoms with van der Waals surface area (Å²) in [7, 11) is 0. The predicted octanol–water partition coefficient (Wildman–Crippen LogP) is 4.61. The number of fused-ring (bicyclic) bond motifs is 2. The first-order chi connectivity index (χ1) is 18.1. The summed E-state index contributed by atoms with van der Waals surface area (Å²) >= 11 is 0. The lowest BCUT2D eigenvalue weighted by Gasteiger charge is -2.28. The maximum Gasteiger partial charge on any atom is 0.226 e. The monoisotopic (exact) mass is 494 g/mol. The van der Waals surface area contributed by atoms with Gasteiger partial charge >= 0.3 is 0 Å². The van der Waals surface area contributed by atoms with Gasteiger partial charge < -0.3 is 20.5 Å². The van der Waals surface area contributed by atoms with E-state index >= 15 is 0 Å². The van der Waals surface area contributed by atoms with Crippen LogP contribution in [0.15, 0.2) is 60.8 Å². The molecule has 2 aliphatic rings. The molecule has 6 rings (SSSR count). The van der Waals surface area contributed by atoms with Gasteiger partial charge in [-0.1, -0.05) is 19.9 Å². The van der Waals surface area contributed by atoms with E-state index in [1.54, 1.807) is 0 Å². The molecular weight excluding hydrogens is 464 g/mol. The number of H-pyrrole nitrogens is 2. The molecule has 0 unspecified atom stereocenters. The van der Waals surface area contributed by atoms with Crippen LogP contribution in [0.3, 0.4) is 0 Å². The van der Waals surface area contributed by atoms with Crippen molar-refractivity contribution in [2.24, 2.45) is 5.92 Å². The second-order valence-corrected chi connectivity index (χ2v) is 9.86. The van der Waals surface area contributed by atoms with Gasteiger partial charge in [0.25, 0.3) is 0 Å². The predicted molar refractivity (Wildman–Crippen MR) is 146 cm³/mol. The van der Waals surface area contributed by atoms with E-state index in [2.05, 4.69) is 41.8 Å². The summed E-state index contributed by atoms with van der Waals surface area (Å²) in [4.78, 5) is 27.5. The van der Waals surface area contributed by atoms with Gasteiger partial charge in [-0.05, 0) is 54.7 Å². The maximum absolute atomic E-state index is 12.3. The lowest BCUT2D eigenvalue weighted by molar-refractivity contribution is -0.123. The number of carbonyl (C=O) groups is 1. The smallest absolute Gasteiger partial charge is 0.226 e. The third-order valence-electron chi connectivity index (χ3n) is 6.89. The molecule has 9 heteroatoms. The van der Waals surface area contributed by atoms with Crippen molar-refractivity contribution in [3.8, 4) is 11.5 Å². The minimum absolute atomic E-state index is 0.0204. The van der Waals surface area contributed by atoms with E-state index in [9.17, 15) is 4.79 Å². The van der Waals surface area contributed by atoms with Gasteiger partial charge in [-0.3, -0.25) is 14.9 Å². The molecule has 37 heavy (non-hydrogen) atoms. The molecule has 4 N–H and O–H groups in total. The van der Waals surface area contributed by atoms with Crippen LogP contribution in [-0.4, -0.2) is 44.1 Å². The van der Waals surface area contributed by atoms with E-state index in [0.717, 1.165) is 63.2 Å². The Labute approximate surface area is 214 Å². The zero-order valence-electron chi connectivity index (χ0n) is 21.0. The fourth-order valence-electron chi connectivity index (χ4n) is 4.84. The highest BCUT2D eigenvalue weighted by Crippen LogP contribution is 2.32. The molecule has 4 aromatic rings. The summed E-state index contributed by atoms with van der Waals surface area (Å²) in [5, 5.41) is 14.9. The number of imidazole rings is 1. The number of piperidine rings is 1. The number of aromatic nitrogens is 5. The topological polar surface area (TPSA) is 115 Å². The van der Waals surface area contributed by atoms with E-state index in [-0.39, 0.29) is 11.8 Å². The van der Waals surface area contributed by atoms with Crippen LogP contribution in [0.25, 0.3) is 39.0 Å². The number of hydrogen-bond acceptors (Lipinski definition) is 6. The third-order valence-corrected chi connectivity index (χ3v) is 6.89. The number of nitrogens with one attached hydrogen (secondary N) is 4. The van der Waals surface area contributed by atoms with Crippen LogP contribution in [0.4, 0.5) is 5.69 Å². The molecule has 0 spiro atoms. The number of rotatable bonds is 5. The summed E-state index contributed by atoms with van der Waals surface area (Å²) in [5.41, 5.74) is 7.26. The fraction of sp³-hybridized carbons (Fsp3) is 0.286. The molecule has 1 aromatic carbocycles. The Kier molecular flexibility index (Phi) is 5.96. The normalized spacial score (nSPS) is 16.0. The fourth-order valence-corrected chi connectivity index (χ4v) is 4.84. The van der Waals surface area contributed by atoms with Crippen LogP contribution < -0.4 is 15.5 Å². The van der Waals surface area contributed by atoms with Gasteiger partial charge in [-0.15, -0.1) is 0 Å². The SMILES string of the molecule is CC(C)C(=O)NC1=CC(c2ccc3[nH]nc(-c4nc5c(N6CCCCC6)cncc5[nH]4)c3c2)=CNC=C1. The Morgan fingerprint density at radius 3 is 2.81 bits per heavy atom. The second-order valence-electron chi connectivity index (χ2n) is 9.86. The van der Waals surface area contributed by atoms with Gasteiger partial charge in [0.1, 0.15) is 11.2 Å². The molecule has 0 radical (unpaired) electrons. The van der Waals surface area contributed by atoms with E-state index in [0.29, 0.717) is 5.82 Å². The highest BCUT2D eigenvalue weighted by Gasteiger charge is 2.19. The Hall–Kier alpha value is -4.40. The standard InChI is InChI=1S/C28H30N8O/c1-17(2)28(37)31-20-8-9-29-14-19(12-20)18-6-7-22-21(13-18)25(35-34-22)27-32-23-15-30-16-24(26(23)33-27)36-10-4-3-5-11-36/h6-9,12-17,29H,3-5,10-11H2,1-2H3,(H,31,37)(H,32,33)(H,34,35). The first kappa shape index (κ1) is 23.0. The highest BCUT2D eigenvalue weighted by molar-refractivity contribution is 5.97. The van der Waals surface area contributed by atoms with Gasteiger partial charge in [0.2, 0.25) is 5.91 Å². The van der Waals surface area contributed by atoms with E-state index in [1.165, 1.54) is 19.3 Å². The molecular formula is C28H30N8O. The minimum atomic E-state index is -0.0998. The van der Waals surface area contributed by atoms with E-state index in [4.69, 9.17) is 4.98 Å². The van der Waals surface area contributed by atoms with Crippen molar-refractivity contribution >= 4 is 39.1 Å². The molecule has 9 nitrogen and oxygen atoms in total. The van der Waals surface area contributed by atoms with Crippen LogP contribution in [0.5, 0.6) is 0 Å². The summed E-state index contributed by atoms with van der Waals surface area (Å²) in [6.45, 7) is 5.82. The second kappa shape index (κ2) is 9.57. The highest BCUT2D eigenvalue weighted by atomic mass is 16.1. The molecule has 188 valence electrons. The Balaban J connectivity index is 1.37. The zero-order valence-corrected chi connectivity index (χ0v) is 21.0. The minimum Gasteiger partial charge on any atom is -0.368 e. The van der Waals surface area contributed by atoms with Crippen molar-refractivity contribution in [1.29, 1.82) is 0 Å². The number of amides is 1. The Bertz CT molecular complexity index is 1570. The van der Waals surface area contributed by atoms with Crippen molar-refractivity contribution in [3.63, 3.8) is 0 Å². The summed E-state index contributed by atoms with van der Waals surface area (Å²) in [5.74, 6) is 0.588. The average molecular weight is 495 g/mol. The number of carbonyl (C=O) groups excluding carboxylic acids is 1. The molecule has 0 saturated carbocycles. The Morgan fingerprint density at radius 2 is 1.97 bits per heavy atom. The third kappa shape index (κ3) is 4.48. The molecule has 3 aromatic heterocycles. The first-order valence-electron chi connectivity index (χ1n) is 12.8. The van der Waals surface area contributed by atoms with Crippen molar-refractivity contribution < 1.29 is 4.79 Å². The Morgan fingerprint density at radius 1 is 1.11 bits per heavy atom. The number of hydrogen-bond donors (Lipinski definition) is 4. The van der Waals surface area contributed by atoms with Crippen molar-refractivity contribution in [3.05, 3.63) is 66.4 Å². The summed E-state index contributed by atoms with van der Waals surface area (Å²) in [6.07, 6.45) is 15.0. The first-order valence-corrected chi connectivity index (χ1v) is 12.8. The molecule has 0 atom stereocenters. The lowest BCUT2D eigenvalue weighted by atomic mass is 10.0. The zero-order chi connectivity index (χ0) is 25.4. The largest absolute Gasteiger partial charge is 0.368 e. The molecule has 1 amide bonds. The molecule has 1 saturated heterocycles. The molecule has 0 aliphatic carbocycles. The number of anilines is 1. The van der Waals surface area contributed by atoms with Gasteiger partial charge in [0.05, 0.1) is 29.1 Å². The van der Waals surface area contributed by atoms with Gasteiger partial charge in [0, 0.05) is 42.5 Å². The van der Waals surface area contributed by atoms with E-state index < -0.39 is 0 Å². The number of benzene rings is 1. The van der Waals surface area contributed by atoms with Crippen molar-refractivity contribution in [2.45, 2.75) is 33.1 Å². The van der Waals surface area contributed by atoms with Crippen LogP contribution >= 0.6 is 0 Å². The summed E-state index contributed by atoms with van der Waals surface area (Å²) in [6, 6.07) is 6.16. The van der Waals surface area contributed by atoms with Crippen LogP contribution in [0.2, 0.25) is 0 Å². The van der Waals surface area contributed by atoms with E-state index in [1.807, 2.05) is 62.9 Å². The quantitative estimate of drug-likeness (QED) is 0.322. The van der Waals surface area contributed by atoms with Gasteiger partial charge in [0.15, 0.2) is 5.82 Å². The summed E-state index contributed by atoms with van der Waals surface area (Å²) < 4.78 is 0.